The number of rotatable bonds is 1. The maximum absolute atomic E-state index is 7.68. The van der Waals surface area contributed by atoms with Gasteiger partial charge < -0.3 is 4.57 Å². The van der Waals surface area contributed by atoms with Crippen molar-refractivity contribution in [2.75, 3.05) is 0 Å². The normalized spacial score (nSPS) is 10.8. The molecule has 12 heavy (non-hydrogen) atoms. The number of fused-ring (bicyclic) bond motifs is 1. The molecule has 0 atom stereocenters. The fourth-order valence-electron chi connectivity index (χ4n) is 1.35. The minimum absolute atomic E-state index is 0.638. The van der Waals surface area contributed by atoms with E-state index in [2.05, 4.69) is 19.1 Å². The molecule has 1 aromatic carbocycles. The van der Waals surface area contributed by atoms with E-state index in [1.54, 1.807) is 0 Å². The number of thiazole rings is 1. The van der Waals surface area contributed by atoms with Crippen molar-refractivity contribution in [3.8, 4) is 0 Å². The first-order chi connectivity index (χ1) is 5.83. The highest BCUT2D eigenvalue weighted by atomic mass is 32.1. The highest BCUT2D eigenvalue weighted by molar-refractivity contribution is 7.16. The van der Waals surface area contributed by atoms with Crippen LogP contribution in [0.5, 0.6) is 0 Å². The molecule has 0 amide bonds. The standard InChI is InChI=1S/C9H10N2S/c1-2-11-7-5-3-4-6-8(7)12-9(11)10/h3-6,10H,2H2,1H3. The van der Waals surface area contributed by atoms with Crippen LogP contribution in [-0.2, 0) is 6.54 Å². The van der Waals surface area contributed by atoms with Gasteiger partial charge in [0.1, 0.15) is 0 Å². The molecule has 0 saturated heterocycles. The average molecular weight is 178 g/mol. The molecule has 0 aliphatic rings. The van der Waals surface area contributed by atoms with E-state index < -0.39 is 0 Å². The molecule has 0 radical (unpaired) electrons. The van der Waals surface area contributed by atoms with E-state index in [0.717, 1.165) is 6.54 Å². The second-order valence-corrected chi connectivity index (χ2v) is 3.65. The SMILES string of the molecule is CCn1c(=N)sc2ccccc21. The predicted octanol–water partition coefficient (Wildman–Crippen LogP) is 2.20. The quantitative estimate of drug-likeness (QED) is 0.693. The Morgan fingerprint density at radius 2 is 2.17 bits per heavy atom. The summed E-state index contributed by atoms with van der Waals surface area (Å²) in [6, 6.07) is 8.15. The van der Waals surface area contributed by atoms with Gasteiger partial charge in [0, 0.05) is 6.54 Å². The van der Waals surface area contributed by atoms with Crippen molar-refractivity contribution >= 4 is 21.6 Å². The summed E-state index contributed by atoms with van der Waals surface area (Å²) < 4.78 is 3.21. The third-order valence-corrected chi connectivity index (χ3v) is 2.90. The zero-order valence-electron chi connectivity index (χ0n) is 6.87. The van der Waals surface area contributed by atoms with Crippen LogP contribution < -0.4 is 4.80 Å². The van der Waals surface area contributed by atoms with E-state index in [-0.39, 0.29) is 0 Å². The van der Waals surface area contributed by atoms with Gasteiger partial charge in [-0.2, -0.15) is 0 Å². The lowest BCUT2D eigenvalue weighted by molar-refractivity contribution is 0.755. The summed E-state index contributed by atoms with van der Waals surface area (Å²) >= 11 is 1.53. The molecule has 62 valence electrons. The van der Waals surface area contributed by atoms with Crippen molar-refractivity contribution in [3.05, 3.63) is 29.1 Å². The summed E-state index contributed by atoms with van der Waals surface area (Å²) in [5.74, 6) is 0. The Labute approximate surface area is 74.6 Å². The number of aromatic nitrogens is 1. The van der Waals surface area contributed by atoms with Crippen LogP contribution in [0.3, 0.4) is 0 Å². The molecular formula is C9H10N2S. The van der Waals surface area contributed by atoms with E-state index in [4.69, 9.17) is 5.41 Å². The molecule has 1 N–H and O–H groups in total. The molecule has 3 heteroatoms. The first kappa shape index (κ1) is 7.55. The highest BCUT2D eigenvalue weighted by Gasteiger charge is 2.00. The Kier molecular flexibility index (Phi) is 1.73. The van der Waals surface area contributed by atoms with Gasteiger partial charge >= 0.3 is 0 Å². The van der Waals surface area contributed by atoms with Gasteiger partial charge in [0.15, 0.2) is 4.80 Å². The third kappa shape index (κ3) is 0.975. The average Bonchev–Trinajstić information content (AvgIpc) is 2.40. The molecule has 0 unspecified atom stereocenters. The smallest absolute Gasteiger partial charge is 0.182 e. The summed E-state index contributed by atoms with van der Waals surface area (Å²) in [5, 5.41) is 7.68. The molecule has 2 aromatic rings. The monoisotopic (exact) mass is 178 g/mol. The largest absolute Gasteiger partial charge is 0.317 e. The van der Waals surface area contributed by atoms with Crippen LogP contribution in [0.15, 0.2) is 24.3 Å². The summed E-state index contributed by atoms with van der Waals surface area (Å²) in [6.45, 7) is 2.94. The van der Waals surface area contributed by atoms with Crippen molar-refractivity contribution in [1.82, 2.24) is 4.57 Å². The lowest BCUT2D eigenvalue weighted by atomic mass is 10.3. The molecule has 0 saturated carbocycles. The van der Waals surface area contributed by atoms with E-state index in [9.17, 15) is 0 Å². The van der Waals surface area contributed by atoms with E-state index in [0.29, 0.717) is 4.80 Å². The number of nitrogens with one attached hydrogen (secondary N) is 1. The second kappa shape index (κ2) is 2.75. The Balaban J connectivity index is 2.91. The molecule has 1 heterocycles. The molecule has 0 aliphatic heterocycles. The number of nitrogens with zero attached hydrogens (tertiary/aromatic N) is 1. The van der Waals surface area contributed by atoms with Gasteiger partial charge in [-0.25, -0.2) is 0 Å². The first-order valence-corrected chi connectivity index (χ1v) is 4.77. The van der Waals surface area contributed by atoms with Crippen LogP contribution in [0, 0.1) is 5.41 Å². The predicted molar refractivity (Wildman–Crippen MR) is 51.3 cm³/mol. The van der Waals surface area contributed by atoms with Crippen LogP contribution in [0.25, 0.3) is 10.2 Å². The van der Waals surface area contributed by atoms with Gasteiger partial charge in [-0.1, -0.05) is 23.5 Å². The zero-order chi connectivity index (χ0) is 8.55. The molecule has 1 aromatic heterocycles. The summed E-state index contributed by atoms with van der Waals surface area (Å²) in [5.41, 5.74) is 1.18. The van der Waals surface area contributed by atoms with Crippen LogP contribution in [-0.4, -0.2) is 4.57 Å². The molecule has 2 rings (SSSR count). The Morgan fingerprint density at radius 1 is 1.42 bits per heavy atom. The van der Waals surface area contributed by atoms with Gasteiger partial charge in [0.25, 0.3) is 0 Å². The second-order valence-electron chi connectivity index (χ2n) is 2.62. The van der Waals surface area contributed by atoms with E-state index in [1.807, 2.05) is 16.7 Å². The van der Waals surface area contributed by atoms with Gasteiger partial charge in [-0.05, 0) is 19.1 Å². The Hall–Kier alpha value is -1.09. The van der Waals surface area contributed by atoms with Gasteiger partial charge in [-0.3, -0.25) is 5.41 Å². The lowest BCUT2D eigenvalue weighted by Gasteiger charge is -1.97. The minimum atomic E-state index is 0.638. The maximum atomic E-state index is 7.68. The molecule has 0 bridgehead atoms. The van der Waals surface area contributed by atoms with Crippen molar-refractivity contribution < 1.29 is 0 Å². The topological polar surface area (TPSA) is 28.8 Å². The van der Waals surface area contributed by atoms with Gasteiger partial charge in [0.2, 0.25) is 0 Å². The Bertz CT molecular complexity index is 453. The van der Waals surface area contributed by atoms with Crippen LogP contribution in [0.4, 0.5) is 0 Å². The molecule has 0 aliphatic carbocycles. The zero-order valence-corrected chi connectivity index (χ0v) is 7.69. The first-order valence-electron chi connectivity index (χ1n) is 3.96. The van der Waals surface area contributed by atoms with Crippen LogP contribution >= 0.6 is 11.3 Å². The molecule has 0 fully saturated rings. The number of para-hydroxylation sites is 1. The number of hydrogen-bond acceptors (Lipinski definition) is 2. The number of hydrogen-bond donors (Lipinski definition) is 1. The van der Waals surface area contributed by atoms with Gasteiger partial charge in [0.05, 0.1) is 10.2 Å². The van der Waals surface area contributed by atoms with Crippen LogP contribution in [0.1, 0.15) is 6.92 Å². The summed E-state index contributed by atoms with van der Waals surface area (Å²) in [4.78, 5) is 0.638. The maximum Gasteiger partial charge on any atom is 0.182 e. The molecular weight excluding hydrogens is 168 g/mol. The van der Waals surface area contributed by atoms with Crippen molar-refractivity contribution in [2.24, 2.45) is 0 Å². The summed E-state index contributed by atoms with van der Waals surface area (Å²) in [7, 11) is 0. The molecule has 0 spiro atoms. The molecule has 2 nitrogen and oxygen atoms in total. The van der Waals surface area contributed by atoms with Gasteiger partial charge in [-0.15, -0.1) is 0 Å². The Morgan fingerprint density at radius 3 is 2.92 bits per heavy atom. The van der Waals surface area contributed by atoms with Crippen molar-refractivity contribution in [2.45, 2.75) is 13.5 Å². The lowest BCUT2D eigenvalue weighted by Crippen LogP contribution is -2.10. The van der Waals surface area contributed by atoms with Crippen molar-refractivity contribution in [3.63, 3.8) is 0 Å². The number of aryl methyl sites for hydroxylation is 1. The third-order valence-electron chi connectivity index (χ3n) is 1.92. The number of benzene rings is 1. The van der Waals surface area contributed by atoms with Crippen molar-refractivity contribution in [1.29, 1.82) is 5.41 Å². The fraction of sp³-hybridized carbons (Fsp3) is 0.222. The van der Waals surface area contributed by atoms with E-state index >= 15 is 0 Å². The summed E-state index contributed by atoms with van der Waals surface area (Å²) in [6.07, 6.45) is 0. The minimum Gasteiger partial charge on any atom is -0.317 e. The van der Waals surface area contributed by atoms with E-state index in [1.165, 1.54) is 21.6 Å². The highest BCUT2D eigenvalue weighted by Crippen LogP contribution is 2.15. The fourth-order valence-corrected chi connectivity index (χ4v) is 2.32. The van der Waals surface area contributed by atoms with Crippen LogP contribution in [0.2, 0.25) is 0 Å².